The second-order valence-corrected chi connectivity index (χ2v) is 16.1. The van der Waals surface area contributed by atoms with Gasteiger partial charge in [0, 0.05) is 43.9 Å². The van der Waals surface area contributed by atoms with Crippen LogP contribution in [0.1, 0.15) is 25.0 Å². The van der Waals surface area contributed by atoms with Gasteiger partial charge in [-0.3, -0.25) is 0 Å². The summed E-state index contributed by atoms with van der Waals surface area (Å²) >= 11 is 0. The summed E-state index contributed by atoms with van der Waals surface area (Å²) < 4.78 is 13.5. The second-order valence-electron chi connectivity index (χ2n) is 16.1. The van der Waals surface area contributed by atoms with E-state index in [1.165, 1.54) is 44.2 Å². The van der Waals surface area contributed by atoms with E-state index in [1.807, 2.05) is 18.2 Å². The molecule has 0 fully saturated rings. The smallest absolute Gasteiger partial charge is 0.145 e. The second kappa shape index (κ2) is 12.3. The fraction of sp³-hybridized carbons (Fsp3) is 0.0545. The van der Waals surface area contributed by atoms with Crippen molar-refractivity contribution in [2.45, 2.75) is 19.3 Å². The first-order valence-corrected chi connectivity index (χ1v) is 20.0. The van der Waals surface area contributed by atoms with Gasteiger partial charge in [-0.25, -0.2) is 0 Å². The van der Waals surface area contributed by atoms with Crippen LogP contribution in [0.2, 0.25) is 0 Å². The molecule has 2 aromatic heterocycles. The Balaban J connectivity index is 1.17. The predicted octanol–water partition coefficient (Wildman–Crippen LogP) is 15.7. The summed E-state index contributed by atoms with van der Waals surface area (Å²) in [6.07, 6.45) is 0. The maximum absolute atomic E-state index is 7.14. The number of fused-ring (bicyclic) bond motifs is 11. The molecule has 1 aliphatic carbocycles. The normalized spacial score (nSPS) is 13.1. The van der Waals surface area contributed by atoms with Crippen molar-refractivity contribution in [2.24, 2.45) is 0 Å². The van der Waals surface area contributed by atoms with E-state index in [1.54, 1.807) is 0 Å². The largest absolute Gasteiger partial charge is 0.456 e. The van der Waals surface area contributed by atoms with Crippen molar-refractivity contribution < 1.29 is 8.83 Å². The monoisotopic (exact) mass is 743 g/mol. The zero-order chi connectivity index (χ0) is 38.5. The van der Waals surface area contributed by atoms with Crippen LogP contribution in [0, 0.1) is 0 Å². The van der Waals surface area contributed by atoms with Crippen LogP contribution in [0.25, 0.3) is 88.0 Å². The number of nitrogens with zero attached hydrogens (tertiary/aromatic N) is 1. The van der Waals surface area contributed by atoms with Crippen LogP contribution in [0.5, 0.6) is 0 Å². The molecule has 0 unspecified atom stereocenters. The number of benzene rings is 9. The van der Waals surface area contributed by atoms with Crippen molar-refractivity contribution in [3.05, 3.63) is 199 Å². The Morgan fingerprint density at radius 2 is 1.07 bits per heavy atom. The first kappa shape index (κ1) is 32.8. The van der Waals surface area contributed by atoms with Gasteiger partial charge in [0.05, 0.1) is 5.69 Å². The Hall–Kier alpha value is -7.36. The SMILES string of the molecule is CC1(C)c2ccccc2-c2ccc(-c3c(N(c4ccc(-c5ccccc5)cc4)c4ccc5ccccc5c4)ccc4c3oc3ccc5oc6ccccc6c5c34)cc21. The van der Waals surface area contributed by atoms with Gasteiger partial charge in [0.1, 0.15) is 22.3 Å². The average molecular weight is 744 g/mol. The van der Waals surface area contributed by atoms with Gasteiger partial charge in [-0.15, -0.1) is 0 Å². The summed E-state index contributed by atoms with van der Waals surface area (Å²) in [5.74, 6) is 0. The summed E-state index contributed by atoms with van der Waals surface area (Å²) in [5.41, 5.74) is 16.2. The Labute approximate surface area is 336 Å². The standard InChI is InChI=1S/C55H37NO2/c1-55(2)45-18-10-8-16-41(45)42-27-23-38(33-46(42)55)51-47(29-28-44-53-50(58-54(44)51)31-30-49-52(53)43-17-9-11-19-48(43)57-49)56(40-26-22-35-14-6-7-15-37(35)32-40)39-24-20-36(21-25-39)34-12-4-3-5-13-34/h3-33H,1-2H3. The predicted molar refractivity (Wildman–Crippen MR) is 242 cm³/mol. The number of hydrogen-bond donors (Lipinski definition) is 0. The highest BCUT2D eigenvalue weighted by atomic mass is 16.3. The minimum Gasteiger partial charge on any atom is -0.456 e. The third kappa shape index (κ3) is 4.80. The molecule has 0 atom stereocenters. The number of rotatable bonds is 5. The van der Waals surface area contributed by atoms with E-state index < -0.39 is 0 Å². The third-order valence-electron chi connectivity index (χ3n) is 12.5. The lowest BCUT2D eigenvalue weighted by atomic mass is 9.81. The first-order valence-electron chi connectivity index (χ1n) is 20.0. The van der Waals surface area contributed by atoms with Crippen molar-refractivity contribution in [1.29, 1.82) is 0 Å². The molecule has 0 bridgehead atoms. The van der Waals surface area contributed by atoms with Gasteiger partial charge in [-0.05, 0) is 110 Å². The summed E-state index contributed by atoms with van der Waals surface area (Å²) in [4.78, 5) is 2.40. The fourth-order valence-corrected chi connectivity index (χ4v) is 9.64. The Morgan fingerprint density at radius 3 is 1.93 bits per heavy atom. The Kier molecular flexibility index (Phi) is 6.98. The number of hydrogen-bond acceptors (Lipinski definition) is 3. The van der Waals surface area contributed by atoms with Gasteiger partial charge in [-0.2, -0.15) is 0 Å². The molecule has 274 valence electrons. The molecule has 0 amide bonds. The molecule has 3 nitrogen and oxygen atoms in total. The number of furan rings is 2. The maximum atomic E-state index is 7.14. The molecule has 2 heterocycles. The third-order valence-corrected chi connectivity index (χ3v) is 12.5. The van der Waals surface area contributed by atoms with Gasteiger partial charge in [-0.1, -0.05) is 141 Å². The highest BCUT2D eigenvalue weighted by Crippen LogP contribution is 2.53. The Morgan fingerprint density at radius 1 is 0.414 bits per heavy atom. The van der Waals surface area contributed by atoms with Gasteiger partial charge in [0.15, 0.2) is 0 Å². The lowest BCUT2D eigenvalue weighted by Crippen LogP contribution is -2.15. The maximum Gasteiger partial charge on any atom is 0.145 e. The molecular weight excluding hydrogens is 707 g/mol. The molecule has 0 aliphatic heterocycles. The van der Waals surface area contributed by atoms with E-state index in [0.717, 1.165) is 72.1 Å². The minimum atomic E-state index is -0.170. The van der Waals surface area contributed by atoms with Crippen LogP contribution in [-0.2, 0) is 5.41 Å². The van der Waals surface area contributed by atoms with E-state index in [-0.39, 0.29) is 5.41 Å². The quantitative estimate of drug-likeness (QED) is 0.176. The van der Waals surface area contributed by atoms with Crippen molar-refractivity contribution in [3.8, 4) is 33.4 Å². The van der Waals surface area contributed by atoms with Crippen molar-refractivity contribution in [1.82, 2.24) is 0 Å². The lowest BCUT2D eigenvalue weighted by molar-refractivity contribution is 0.660. The molecule has 0 N–H and O–H groups in total. The fourth-order valence-electron chi connectivity index (χ4n) is 9.64. The van der Waals surface area contributed by atoms with E-state index in [9.17, 15) is 0 Å². The van der Waals surface area contributed by atoms with Crippen molar-refractivity contribution in [3.63, 3.8) is 0 Å². The average Bonchev–Trinajstić information content (AvgIpc) is 3.91. The number of para-hydroxylation sites is 1. The van der Waals surface area contributed by atoms with Gasteiger partial charge < -0.3 is 13.7 Å². The van der Waals surface area contributed by atoms with Crippen molar-refractivity contribution in [2.75, 3.05) is 4.90 Å². The zero-order valence-corrected chi connectivity index (χ0v) is 32.2. The topological polar surface area (TPSA) is 29.5 Å². The van der Waals surface area contributed by atoms with Crippen molar-refractivity contribution >= 4 is 71.7 Å². The molecule has 11 aromatic rings. The molecule has 0 saturated carbocycles. The minimum absolute atomic E-state index is 0.170. The van der Waals surface area contributed by atoms with Crippen LogP contribution in [0.3, 0.4) is 0 Å². The van der Waals surface area contributed by atoms with Gasteiger partial charge in [0.2, 0.25) is 0 Å². The molecule has 9 aromatic carbocycles. The van der Waals surface area contributed by atoms with Crippen LogP contribution in [0.15, 0.2) is 197 Å². The summed E-state index contributed by atoms with van der Waals surface area (Å²) in [6, 6.07) is 67.7. The zero-order valence-electron chi connectivity index (χ0n) is 32.2. The van der Waals surface area contributed by atoms with E-state index in [4.69, 9.17) is 8.83 Å². The Bertz CT molecular complexity index is 3420. The summed E-state index contributed by atoms with van der Waals surface area (Å²) in [6.45, 7) is 4.70. The molecule has 0 radical (unpaired) electrons. The highest BCUT2D eigenvalue weighted by molar-refractivity contribution is 6.27. The molecular formula is C55H37NO2. The molecule has 0 spiro atoms. The van der Waals surface area contributed by atoms with E-state index in [0.29, 0.717) is 0 Å². The number of anilines is 3. The summed E-state index contributed by atoms with van der Waals surface area (Å²) in [5, 5.41) is 6.69. The van der Waals surface area contributed by atoms with Crippen LogP contribution >= 0.6 is 0 Å². The first-order chi connectivity index (χ1) is 28.5. The van der Waals surface area contributed by atoms with Crippen LogP contribution in [0.4, 0.5) is 17.1 Å². The molecule has 0 saturated heterocycles. The van der Waals surface area contributed by atoms with E-state index in [2.05, 4.69) is 189 Å². The lowest BCUT2D eigenvalue weighted by Gasteiger charge is -2.29. The van der Waals surface area contributed by atoms with Crippen LogP contribution < -0.4 is 4.90 Å². The highest BCUT2D eigenvalue weighted by Gasteiger charge is 2.36. The van der Waals surface area contributed by atoms with E-state index >= 15 is 0 Å². The van der Waals surface area contributed by atoms with Gasteiger partial charge in [0.25, 0.3) is 0 Å². The molecule has 12 rings (SSSR count). The van der Waals surface area contributed by atoms with Gasteiger partial charge >= 0.3 is 0 Å². The molecule has 1 aliphatic rings. The van der Waals surface area contributed by atoms with Crippen LogP contribution in [-0.4, -0.2) is 0 Å². The summed E-state index contributed by atoms with van der Waals surface area (Å²) in [7, 11) is 0. The molecule has 3 heteroatoms. The molecule has 58 heavy (non-hydrogen) atoms.